The second kappa shape index (κ2) is 60.1. The van der Waals surface area contributed by atoms with Crippen LogP contribution in [0.2, 0.25) is 0 Å². The Bertz CT molecular complexity index is 1510. The molecule has 0 spiro atoms. The second-order valence-corrected chi connectivity index (χ2v) is 26.1. The van der Waals surface area contributed by atoms with E-state index in [1.165, 1.54) is 218 Å². The SMILES string of the molecule is CCCCC/C=C\C/C=C\CCCCCCCCCCCCCCCCCCCC(=O)OC(/C=C\CCCCCCCCCCC)C(COP(=O)([O-])OCC[N+](C)(C)C)NC(=O)CCCCCCC/C=C/CCCCCCCCC. The monoisotopic (exact) mass is 1140 g/mol. The Morgan fingerprint density at radius 3 is 1.16 bits per heavy atom. The van der Waals surface area contributed by atoms with Gasteiger partial charge in [-0.2, -0.15) is 0 Å². The van der Waals surface area contributed by atoms with E-state index in [1.54, 1.807) is 0 Å². The van der Waals surface area contributed by atoms with Gasteiger partial charge in [-0.3, -0.25) is 14.2 Å². The first-order valence-corrected chi connectivity index (χ1v) is 35.9. The number of likely N-dealkylation sites (N-methyl/N-ethyl adjacent to an activating group) is 1. The van der Waals surface area contributed by atoms with Gasteiger partial charge in [-0.1, -0.05) is 282 Å². The molecule has 80 heavy (non-hydrogen) atoms. The number of esters is 1. The summed E-state index contributed by atoms with van der Waals surface area (Å²) in [5.41, 5.74) is 0. The van der Waals surface area contributed by atoms with Gasteiger partial charge in [-0.15, -0.1) is 0 Å². The molecule has 0 rings (SSSR count). The van der Waals surface area contributed by atoms with E-state index in [4.69, 9.17) is 13.8 Å². The smallest absolute Gasteiger partial charge is 0.306 e. The number of amides is 1. The molecule has 3 atom stereocenters. The fourth-order valence-electron chi connectivity index (χ4n) is 10.1. The Morgan fingerprint density at radius 2 is 0.762 bits per heavy atom. The number of unbranched alkanes of at least 4 members (excludes halogenated alkanes) is 41. The van der Waals surface area contributed by atoms with Gasteiger partial charge in [0.25, 0.3) is 7.82 Å². The van der Waals surface area contributed by atoms with Crippen molar-refractivity contribution in [2.75, 3.05) is 40.9 Å². The lowest BCUT2D eigenvalue weighted by Gasteiger charge is -2.30. The molecule has 0 saturated carbocycles. The Balaban J connectivity index is 4.97. The summed E-state index contributed by atoms with van der Waals surface area (Å²) in [6.45, 7) is 6.84. The van der Waals surface area contributed by atoms with Crippen molar-refractivity contribution in [3.8, 4) is 0 Å². The number of ether oxygens (including phenoxy) is 1. The lowest BCUT2D eigenvalue weighted by atomic mass is 10.0. The number of phosphoric ester groups is 1. The highest BCUT2D eigenvalue weighted by Crippen LogP contribution is 2.38. The minimum Gasteiger partial charge on any atom is -0.756 e. The van der Waals surface area contributed by atoms with Gasteiger partial charge in [-0.25, -0.2) is 0 Å². The summed E-state index contributed by atoms with van der Waals surface area (Å²) < 4.78 is 30.4. The number of nitrogens with one attached hydrogen (secondary N) is 1. The van der Waals surface area contributed by atoms with Crippen molar-refractivity contribution in [1.82, 2.24) is 5.32 Å². The van der Waals surface area contributed by atoms with Crippen LogP contribution in [0.1, 0.15) is 335 Å². The highest BCUT2D eigenvalue weighted by atomic mass is 31.2. The van der Waals surface area contributed by atoms with Gasteiger partial charge in [0.1, 0.15) is 19.3 Å². The summed E-state index contributed by atoms with van der Waals surface area (Å²) in [4.78, 5) is 40.1. The fourth-order valence-corrected chi connectivity index (χ4v) is 10.9. The number of quaternary nitrogens is 1. The van der Waals surface area contributed by atoms with Crippen molar-refractivity contribution >= 4 is 19.7 Å². The zero-order valence-corrected chi connectivity index (χ0v) is 54.7. The highest BCUT2D eigenvalue weighted by Gasteiger charge is 2.27. The molecule has 0 fully saturated rings. The van der Waals surface area contributed by atoms with Gasteiger partial charge in [-0.05, 0) is 89.5 Å². The maximum absolute atomic E-state index is 13.5. The number of hydrogen-bond donors (Lipinski definition) is 1. The molecule has 9 nitrogen and oxygen atoms in total. The number of nitrogens with zero attached hydrogens (tertiary/aromatic N) is 1. The van der Waals surface area contributed by atoms with E-state index >= 15 is 0 Å². The van der Waals surface area contributed by atoms with Crippen LogP contribution < -0.4 is 10.2 Å². The van der Waals surface area contributed by atoms with Crippen molar-refractivity contribution < 1.29 is 37.3 Å². The molecule has 470 valence electrons. The largest absolute Gasteiger partial charge is 0.756 e. The van der Waals surface area contributed by atoms with Crippen molar-refractivity contribution in [3.05, 3.63) is 48.6 Å². The van der Waals surface area contributed by atoms with Crippen LogP contribution in [0.15, 0.2) is 48.6 Å². The van der Waals surface area contributed by atoms with E-state index in [1.807, 2.05) is 33.3 Å². The third-order valence-corrected chi connectivity index (χ3v) is 16.4. The molecule has 1 N–H and O–H groups in total. The van der Waals surface area contributed by atoms with Crippen molar-refractivity contribution in [1.29, 1.82) is 0 Å². The summed E-state index contributed by atoms with van der Waals surface area (Å²) in [6, 6.07) is -0.890. The Labute approximate surface area is 497 Å². The number of carbonyl (C=O) groups excluding carboxylic acids is 2. The van der Waals surface area contributed by atoms with E-state index in [0.717, 1.165) is 83.5 Å². The molecule has 0 radical (unpaired) electrons. The number of allylic oxidation sites excluding steroid dienone is 7. The van der Waals surface area contributed by atoms with Crippen molar-refractivity contribution in [3.63, 3.8) is 0 Å². The number of carbonyl (C=O) groups is 2. The number of hydrogen-bond acceptors (Lipinski definition) is 7. The summed E-state index contributed by atoms with van der Waals surface area (Å²) in [7, 11) is 1.19. The van der Waals surface area contributed by atoms with Crippen LogP contribution in [0.4, 0.5) is 0 Å². The standard InChI is InChI=1S/C70H133N2O7P/c1-7-10-13-16-19-22-25-27-29-31-32-33-34-35-36-37-38-39-40-41-43-45-48-51-54-57-60-63-70(74)79-68(61-58-55-52-49-46-24-21-18-15-12-9-3)67(66-78-80(75,76)77-65-64-72(4,5)6)71-69(73)62-59-56-53-50-47-44-42-30-28-26-23-20-17-14-11-8-2/h19,22,27,29-30,42,58,61,67-68H,7-18,20-21,23-26,28,31-41,43-57,59-60,62-66H2,1-6H3,(H-,71,73,75,76)/b22-19-,29-27-,42-30+,61-58-. The highest BCUT2D eigenvalue weighted by molar-refractivity contribution is 7.45. The molecule has 0 aromatic rings. The minimum absolute atomic E-state index is 0.0224. The summed E-state index contributed by atoms with van der Waals surface area (Å²) in [5, 5.41) is 3.03. The molecule has 10 heteroatoms. The van der Waals surface area contributed by atoms with Gasteiger partial charge in [0.2, 0.25) is 5.91 Å². The predicted octanol–water partition coefficient (Wildman–Crippen LogP) is 21.0. The van der Waals surface area contributed by atoms with Crippen molar-refractivity contribution in [2.45, 2.75) is 348 Å². The van der Waals surface area contributed by atoms with Gasteiger partial charge in [0.05, 0.1) is 33.8 Å². The average Bonchev–Trinajstić information content (AvgIpc) is 3.43. The molecule has 0 aromatic heterocycles. The maximum atomic E-state index is 13.5. The first kappa shape index (κ1) is 78.0. The van der Waals surface area contributed by atoms with E-state index in [0.29, 0.717) is 17.4 Å². The second-order valence-electron chi connectivity index (χ2n) is 24.7. The Kier molecular flexibility index (Phi) is 58.6. The average molecular weight is 1150 g/mol. The van der Waals surface area contributed by atoms with Gasteiger partial charge in [0.15, 0.2) is 0 Å². The van der Waals surface area contributed by atoms with E-state index in [-0.39, 0.29) is 31.5 Å². The quantitative estimate of drug-likeness (QED) is 0.0212. The molecule has 1 amide bonds. The van der Waals surface area contributed by atoms with Crippen LogP contribution in [-0.4, -0.2) is 69.4 Å². The lowest BCUT2D eigenvalue weighted by molar-refractivity contribution is -0.870. The molecule has 0 saturated heterocycles. The topological polar surface area (TPSA) is 114 Å². The third-order valence-electron chi connectivity index (χ3n) is 15.5. The molecule has 0 aromatic carbocycles. The normalized spacial score (nSPS) is 13.8. The predicted molar refractivity (Wildman–Crippen MR) is 344 cm³/mol. The third kappa shape index (κ3) is 60.6. The summed E-state index contributed by atoms with van der Waals surface area (Å²) >= 11 is 0. The minimum atomic E-state index is -4.70. The lowest BCUT2D eigenvalue weighted by Crippen LogP contribution is -2.47. The Hall–Kier alpha value is -2.03. The first-order chi connectivity index (χ1) is 38.9. The van der Waals surface area contributed by atoms with Crippen LogP contribution in [0, 0.1) is 0 Å². The zero-order valence-electron chi connectivity index (χ0n) is 53.8. The zero-order chi connectivity index (χ0) is 58.6. The van der Waals surface area contributed by atoms with E-state index < -0.39 is 20.0 Å². The number of rotatable bonds is 63. The van der Waals surface area contributed by atoms with Crippen LogP contribution in [0.3, 0.4) is 0 Å². The van der Waals surface area contributed by atoms with Crippen LogP contribution in [-0.2, 0) is 27.9 Å². The van der Waals surface area contributed by atoms with Gasteiger partial charge < -0.3 is 28.5 Å². The Morgan fingerprint density at radius 1 is 0.438 bits per heavy atom. The fraction of sp³-hybridized carbons (Fsp3) is 0.857. The van der Waals surface area contributed by atoms with E-state index in [9.17, 15) is 19.0 Å². The molecular weight excluding hydrogens is 1010 g/mol. The molecule has 0 heterocycles. The molecular formula is C70H133N2O7P. The van der Waals surface area contributed by atoms with E-state index in [2.05, 4.69) is 62.5 Å². The van der Waals surface area contributed by atoms with Crippen LogP contribution in [0.25, 0.3) is 0 Å². The summed E-state index contributed by atoms with van der Waals surface area (Å²) in [6.07, 6.45) is 75.2. The van der Waals surface area contributed by atoms with Crippen molar-refractivity contribution in [2.24, 2.45) is 0 Å². The molecule has 0 aliphatic heterocycles. The maximum Gasteiger partial charge on any atom is 0.306 e. The summed E-state index contributed by atoms with van der Waals surface area (Å²) in [5.74, 6) is -0.538. The molecule has 0 bridgehead atoms. The van der Waals surface area contributed by atoms with Crippen LogP contribution >= 0.6 is 7.82 Å². The van der Waals surface area contributed by atoms with Gasteiger partial charge in [0, 0.05) is 12.8 Å². The van der Waals surface area contributed by atoms with Gasteiger partial charge >= 0.3 is 5.97 Å². The van der Waals surface area contributed by atoms with Crippen LogP contribution in [0.5, 0.6) is 0 Å². The number of phosphoric acid groups is 1. The molecule has 0 aliphatic rings. The first-order valence-electron chi connectivity index (χ1n) is 34.4. The molecule has 0 aliphatic carbocycles. The molecule has 3 unspecified atom stereocenters.